The smallest absolute Gasteiger partial charge is 0.157 e. The molecule has 13 heavy (non-hydrogen) atoms. The second-order valence-corrected chi connectivity index (χ2v) is 4.40. The Bertz CT molecular complexity index is 295. The molecule has 1 aromatic rings. The zero-order chi connectivity index (χ0) is 9.10. The van der Waals surface area contributed by atoms with Crippen LogP contribution in [0.15, 0.2) is 11.2 Å². The topological polar surface area (TPSA) is 50.2 Å². The van der Waals surface area contributed by atoms with Crippen molar-refractivity contribution in [3.63, 3.8) is 0 Å². The minimum absolute atomic E-state index is 0.482. The first-order valence-corrected chi connectivity index (χ1v) is 5.76. The summed E-state index contributed by atoms with van der Waals surface area (Å²) in [5.41, 5.74) is 1.03. The van der Waals surface area contributed by atoms with Gasteiger partial charge in [-0.3, -0.25) is 4.99 Å². The van der Waals surface area contributed by atoms with E-state index in [1.54, 1.807) is 18.0 Å². The minimum atomic E-state index is 0.482. The lowest BCUT2D eigenvalue weighted by Gasteiger charge is -2.03. The summed E-state index contributed by atoms with van der Waals surface area (Å²) < 4.78 is 8.06. The Morgan fingerprint density at radius 1 is 1.77 bits per heavy atom. The molecule has 4 nitrogen and oxygen atoms in total. The van der Waals surface area contributed by atoms with Gasteiger partial charge in [0.2, 0.25) is 0 Å². The van der Waals surface area contributed by atoms with Crippen LogP contribution in [-0.2, 0) is 5.75 Å². The van der Waals surface area contributed by atoms with Crippen molar-refractivity contribution in [1.29, 1.82) is 0 Å². The highest BCUT2D eigenvalue weighted by molar-refractivity contribution is 8.13. The molecule has 1 atom stereocenters. The van der Waals surface area contributed by atoms with Crippen molar-refractivity contribution in [1.82, 2.24) is 14.1 Å². The summed E-state index contributed by atoms with van der Waals surface area (Å²) in [5.74, 6) is 0.856. The van der Waals surface area contributed by atoms with E-state index in [9.17, 15) is 0 Å². The fraction of sp³-hybridized carbons (Fsp3) is 0.571. The predicted octanol–water partition coefficient (Wildman–Crippen LogP) is 1.12. The first kappa shape index (κ1) is 8.96. The van der Waals surface area contributed by atoms with Gasteiger partial charge in [-0.1, -0.05) is 11.8 Å². The van der Waals surface area contributed by atoms with E-state index in [1.807, 2.05) is 0 Å². The van der Waals surface area contributed by atoms with Gasteiger partial charge in [-0.05, 0) is 6.92 Å². The third kappa shape index (κ3) is 2.41. The molecule has 1 aliphatic rings. The molecule has 2 rings (SSSR count). The molecule has 0 bridgehead atoms. The molecule has 0 spiro atoms. The van der Waals surface area contributed by atoms with Gasteiger partial charge < -0.3 is 5.32 Å². The van der Waals surface area contributed by atoms with Crippen LogP contribution < -0.4 is 5.32 Å². The Labute approximate surface area is 85.2 Å². The average Bonchev–Trinajstić information content (AvgIpc) is 2.71. The number of aromatic nitrogens is 2. The maximum atomic E-state index is 4.34. The highest BCUT2D eigenvalue weighted by atomic mass is 32.2. The Kier molecular flexibility index (Phi) is 2.80. The molecule has 2 heterocycles. The number of nitrogens with one attached hydrogen (secondary N) is 1. The largest absolute Gasteiger partial charge is 0.361 e. The van der Waals surface area contributed by atoms with Crippen LogP contribution in [0.5, 0.6) is 0 Å². The molecular formula is C7H10N4S2. The molecule has 0 aliphatic carbocycles. The van der Waals surface area contributed by atoms with Gasteiger partial charge in [0.25, 0.3) is 0 Å². The zero-order valence-electron chi connectivity index (χ0n) is 7.23. The van der Waals surface area contributed by atoms with E-state index in [0.29, 0.717) is 6.04 Å². The number of nitrogens with zero attached hydrogens (tertiary/aromatic N) is 3. The van der Waals surface area contributed by atoms with E-state index >= 15 is 0 Å². The molecule has 1 aliphatic heterocycles. The van der Waals surface area contributed by atoms with Gasteiger partial charge in [-0.25, -0.2) is 0 Å². The first-order chi connectivity index (χ1) is 6.34. The number of hydrogen-bond acceptors (Lipinski definition) is 6. The van der Waals surface area contributed by atoms with E-state index in [2.05, 4.69) is 26.0 Å². The van der Waals surface area contributed by atoms with Crippen LogP contribution in [-0.4, -0.2) is 26.5 Å². The van der Waals surface area contributed by atoms with Crippen LogP contribution in [0.25, 0.3) is 0 Å². The van der Waals surface area contributed by atoms with Gasteiger partial charge in [0.1, 0.15) is 0 Å². The Hall–Kier alpha value is -0.620. The lowest BCUT2D eigenvalue weighted by Crippen LogP contribution is -2.25. The van der Waals surface area contributed by atoms with Crippen molar-refractivity contribution in [2.75, 3.05) is 6.54 Å². The normalized spacial score (nSPS) is 21.3. The lowest BCUT2D eigenvalue weighted by molar-refractivity contribution is 0.728. The molecule has 1 unspecified atom stereocenters. The van der Waals surface area contributed by atoms with Gasteiger partial charge in [0.15, 0.2) is 5.17 Å². The number of rotatable bonds is 2. The molecule has 1 aromatic heterocycles. The maximum Gasteiger partial charge on any atom is 0.157 e. The summed E-state index contributed by atoms with van der Waals surface area (Å²) in [4.78, 5) is 4.34. The molecule has 70 valence electrons. The second kappa shape index (κ2) is 4.06. The van der Waals surface area contributed by atoms with Crippen LogP contribution in [0.1, 0.15) is 12.6 Å². The minimum Gasteiger partial charge on any atom is -0.361 e. The van der Waals surface area contributed by atoms with Gasteiger partial charge in [-0.15, -0.1) is 0 Å². The molecule has 0 fully saturated rings. The van der Waals surface area contributed by atoms with E-state index in [0.717, 1.165) is 23.2 Å². The molecule has 0 radical (unpaired) electrons. The standard InChI is InChI=1S/C7H10N4S2/c1-5-2-8-7(10-5)12-4-6-3-9-13-11-6/h3,5H,2,4H2,1H3,(H,8,10). The van der Waals surface area contributed by atoms with Gasteiger partial charge in [0, 0.05) is 11.8 Å². The average molecular weight is 214 g/mol. The molecule has 1 N–H and O–H groups in total. The number of amidine groups is 1. The van der Waals surface area contributed by atoms with Crippen molar-refractivity contribution < 1.29 is 0 Å². The van der Waals surface area contributed by atoms with E-state index in [4.69, 9.17) is 0 Å². The molecular weight excluding hydrogens is 204 g/mol. The van der Waals surface area contributed by atoms with Crippen molar-refractivity contribution >= 4 is 28.7 Å². The molecule has 0 saturated carbocycles. The third-order valence-electron chi connectivity index (χ3n) is 1.64. The summed E-state index contributed by atoms with van der Waals surface area (Å²) in [6, 6.07) is 0.482. The Balaban J connectivity index is 1.81. The SMILES string of the molecule is CC1CN=C(SCc2cnsn2)N1. The van der Waals surface area contributed by atoms with Gasteiger partial charge in [-0.2, -0.15) is 8.75 Å². The van der Waals surface area contributed by atoms with Crippen LogP contribution in [0.3, 0.4) is 0 Å². The van der Waals surface area contributed by atoms with Crippen molar-refractivity contribution in [3.05, 3.63) is 11.9 Å². The predicted molar refractivity (Wildman–Crippen MR) is 56.1 cm³/mol. The summed E-state index contributed by atoms with van der Waals surface area (Å²) in [6.07, 6.45) is 1.80. The summed E-state index contributed by atoms with van der Waals surface area (Å²) >= 11 is 2.94. The summed E-state index contributed by atoms with van der Waals surface area (Å²) in [7, 11) is 0. The number of hydrogen-bond donors (Lipinski definition) is 1. The Morgan fingerprint density at radius 3 is 3.31 bits per heavy atom. The van der Waals surface area contributed by atoms with Crippen LogP contribution in [0, 0.1) is 0 Å². The van der Waals surface area contributed by atoms with E-state index in [-0.39, 0.29) is 0 Å². The number of thioether (sulfide) groups is 1. The number of aliphatic imine (C=N–C) groups is 1. The first-order valence-electron chi connectivity index (χ1n) is 4.05. The molecule has 6 heteroatoms. The van der Waals surface area contributed by atoms with Crippen molar-refractivity contribution in [2.24, 2.45) is 4.99 Å². The third-order valence-corrected chi connectivity index (χ3v) is 3.12. The highest BCUT2D eigenvalue weighted by Gasteiger charge is 2.12. The summed E-state index contributed by atoms with van der Waals surface area (Å²) in [5, 5.41) is 4.31. The molecule has 0 aromatic carbocycles. The fourth-order valence-electron chi connectivity index (χ4n) is 0.999. The van der Waals surface area contributed by atoms with Crippen molar-refractivity contribution in [3.8, 4) is 0 Å². The Morgan fingerprint density at radius 2 is 2.69 bits per heavy atom. The maximum absolute atomic E-state index is 4.34. The molecule has 0 amide bonds. The van der Waals surface area contributed by atoms with Crippen LogP contribution in [0.4, 0.5) is 0 Å². The van der Waals surface area contributed by atoms with Crippen LogP contribution >= 0.6 is 23.5 Å². The summed E-state index contributed by atoms with van der Waals surface area (Å²) in [6.45, 7) is 3.01. The van der Waals surface area contributed by atoms with Gasteiger partial charge >= 0.3 is 0 Å². The fourth-order valence-corrected chi connectivity index (χ4v) is 2.39. The quantitative estimate of drug-likeness (QED) is 0.801. The zero-order valence-corrected chi connectivity index (χ0v) is 8.86. The second-order valence-electron chi connectivity index (χ2n) is 2.88. The van der Waals surface area contributed by atoms with E-state index < -0.39 is 0 Å². The van der Waals surface area contributed by atoms with E-state index in [1.165, 1.54) is 11.7 Å². The molecule has 0 saturated heterocycles. The lowest BCUT2D eigenvalue weighted by atomic mass is 10.4. The highest BCUT2D eigenvalue weighted by Crippen LogP contribution is 2.14. The van der Waals surface area contributed by atoms with Crippen LogP contribution in [0.2, 0.25) is 0 Å². The van der Waals surface area contributed by atoms with Crippen molar-refractivity contribution in [2.45, 2.75) is 18.7 Å². The monoisotopic (exact) mass is 214 g/mol. The van der Waals surface area contributed by atoms with Gasteiger partial charge in [0.05, 0.1) is 30.2 Å².